The number of carbonyl (C=O) groups excluding carboxylic acids is 1. The van der Waals surface area contributed by atoms with Crippen molar-refractivity contribution >= 4 is 11.7 Å². The molecule has 100 valence electrons. The smallest absolute Gasteiger partial charge is 0.232 e. The maximum Gasteiger partial charge on any atom is 0.232 e. The number of aromatic nitrogens is 2. The van der Waals surface area contributed by atoms with Crippen LogP contribution in [0.5, 0.6) is 0 Å². The van der Waals surface area contributed by atoms with Crippen LogP contribution in [0.2, 0.25) is 0 Å². The standard InChI is InChI=1S/C13H22N4O/c1-9(2)10-7-11(17-16-10)15-12(18)13(3)5-4-6-14-8-13/h7,9,14H,4-6,8H2,1-3H3,(H2,15,16,17,18). The normalized spacial score (nSPS) is 24.2. The number of piperidine rings is 1. The number of H-pyrrole nitrogens is 1. The van der Waals surface area contributed by atoms with Gasteiger partial charge in [0.1, 0.15) is 0 Å². The van der Waals surface area contributed by atoms with Crippen LogP contribution in [0.25, 0.3) is 0 Å². The molecule has 1 aliphatic heterocycles. The van der Waals surface area contributed by atoms with Gasteiger partial charge in [-0.1, -0.05) is 13.8 Å². The molecule has 18 heavy (non-hydrogen) atoms. The molecular formula is C13H22N4O. The van der Waals surface area contributed by atoms with Crippen LogP contribution in [0.15, 0.2) is 6.07 Å². The summed E-state index contributed by atoms with van der Waals surface area (Å²) in [5, 5.41) is 13.3. The fraction of sp³-hybridized carbons (Fsp3) is 0.692. The molecular weight excluding hydrogens is 228 g/mol. The summed E-state index contributed by atoms with van der Waals surface area (Å²) >= 11 is 0. The molecule has 5 heteroatoms. The molecule has 0 aromatic carbocycles. The predicted molar refractivity (Wildman–Crippen MR) is 71.5 cm³/mol. The fourth-order valence-electron chi connectivity index (χ4n) is 2.21. The first-order valence-electron chi connectivity index (χ1n) is 6.59. The topological polar surface area (TPSA) is 69.8 Å². The second-order valence-electron chi connectivity index (χ2n) is 5.66. The first kappa shape index (κ1) is 13.1. The second-order valence-corrected chi connectivity index (χ2v) is 5.66. The van der Waals surface area contributed by atoms with Gasteiger partial charge in [-0.2, -0.15) is 5.10 Å². The van der Waals surface area contributed by atoms with Crippen molar-refractivity contribution in [1.82, 2.24) is 15.5 Å². The molecule has 5 nitrogen and oxygen atoms in total. The van der Waals surface area contributed by atoms with E-state index in [1.54, 1.807) is 0 Å². The van der Waals surface area contributed by atoms with E-state index in [4.69, 9.17) is 0 Å². The maximum absolute atomic E-state index is 12.3. The highest BCUT2D eigenvalue weighted by molar-refractivity contribution is 5.94. The van der Waals surface area contributed by atoms with Gasteiger partial charge in [-0.05, 0) is 32.2 Å². The molecule has 1 aromatic rings. The first-order chi connectivity index (χ1) is 8.51. The Hall–Kier alpha value is -1.36. The van der Waals surface area contributed by atoms with Gasteiger partial charge in [-0.25, -0.2) is 0 Å². The molecule has 0 bridgehead atoms. The molecule has 0 radical (unpaired) electrons. The van der Waals surface area contributed by atoms with E-state index in [1.807, 2.05) is 13.0 Å². The average Bonchev–Trinajstić information content (AvgIpc) is 2.78. The Balaban J connectivity index is 2.01. The molecule has 2 heterocycles. The van der Waals surface area contributed by atoms with E-state index in [0.717, 1.165) is 31.6 Å². The molecule has 1 amide bonds. The second kappa shape index (κ2) is 5.10. The number of nitrogens with zero attached hydrogens (tertiary/aromatic N) is 1. The van der Waals surface area contributed by atoms with Crippen molar-refractivity contribution in [3.8, 4) is 0 Å². The number of hydrogen-bond donors (Lipinski definition) is 3. The minimum Gasteiger partial charge on any atom is -0.316 e. The fourth-order valence-corrected chi connectivity index (χ4v) is 2.21. The Labute approximate surface area is 108 Å². The molecule has 1 atom stereocenters. The molecule has 1 fully saturated rings. The van der Waals surface area contributed by atoms with Gasteiger partial charge in [0.05, 0.1) is 5.41 Å². The summed E-state index contributed by atoms with van der Waals surface area (Å²) in [7, 11) is 0. The summed E-state index contributed by atoms with van der Waals surface area (Å²) in [6.07, 6.45) is 1.97. The lowest BCUT2D eigenvalue weighted by molar-refractivity contribution is -0.125. The third-order valence-electron chi connectivity index (χ3n) is 3.61. The Morgan fingerprint density at radius 2 is 2.33 bits per heavy atom. The largest absolute Gasteiger partial charge is 0.316 e. The van der Waals surface area contributed by atoms with E-state index in [0.29, 0.717) is 11.7 Å². The number of aromatic amines is 1. The van der Waals surface area contributed by atoms with Crippen LogP contribution in [-0.2, 0) is 4.79 Å². The molecule has 1 aliphatic rings. The average molecular weight is 250 g/mol. The Kier molecular flexibility index (Phi) is 3.71. The number of carbonyl (C=O) groups is 1. The van der Waals surface area contributed by atoms with Crippen LogP contribution < -0.4 is 10.6 Å². The SMILES string of the molecule is CC(C)c1cc(NC(=O)C2(C)CCCNC2)n[nH]1. The molecule has 1 unspecified atom stereocenters. The van der Waals surface area contributed by atoms with Crippen LogP contribution in [0.3, 0.4) is 0 Å². The predicted octanol–water partition coefficient (Wildman–Crippen LogP) is 1.86. The lowest BCUT2D eigenvalue weighted by Gasteiger charge is -2.32. The van der Waals surface area contributed by atoms with E-state index in [2.05, 4.69) is 34.7 Å². The molecule has 1 saturated heterocycles. The molecule has 2 rings (SSSR count). The highest BCUT2D eigenvalue weighted by Crippen LogP contribution is 2.27. The monoisotopic (exact) mass is 250 g/mol. The zero-order valence-electron chi connectivity index (χ0n) is 11.3. The van der Waals surface area contributed by atoms with Crippen LogP contribution in [0.4, 0.5) is 5.82 Å². The zero-order chi connectivity index (χ0) is 13.2. The van der Waals surface area contributed by atoms with Gasteiger partial charge < -0.3 is 10.6 Å². The summed E-state index contributed by atoms with van der Waals surface area (Å²) in [5.74, 6) is 1.06. The third kappa shape index (κ3) is 2.72. The lowest BCUT2D eigenvalue weighted by Crippen LogP contribution is -2.46. The number of nitrogens with one attached hydrogen (secondary N) is 3. The van der Waals surface area contributed by atoms with Crippen molar-refractivity contribution in [3.63, 3.8) is 0 Å². The van der Waals surface area contributed by atoms with Crippen molar-refractivity contribution in [1.29, 1.82) is 0 Å². The summed E-state index contributed by atoms with van der Waals surface area (Å²) < 4.78 is 0. The van der Waals surface area contributed by atoms with Crippen molar-refractivity contribution < 1.29 is 4.79 Å². The molecule has 0 spiro atoms. The minimum atomic E-state index is -0.324. The van der Waals surface area contributed by atoms with Gasteiger partial charge in [-0.3, -0.25) is 9.89 Å². The minimum absolute atomic E-state index is 0.0523. The molecule has 0 aliphatic carbocycles. The Morgan fingerprint density at radius 3 is 2.89 bits per heavy atom. The number of anilines is 1. The lowest BCUT2D eigenvalue weighted by atomic mass is 9.82. The van der Waals surface area contributed by atoms with E-state index < -0.39 is 0 Å². The van der Waals surface area contributed by atoms with Gasteiger partial charge in [-0.15, -0.1) is 0 Å². The van der Waals surface area contributed by atoms with Gasteiger partial charge in [0, 0.05) is 18.3 Å². The van der Waals surface area contributed by atoms with Gasteiger partial charge in [0.2, 0.25) is 5.91 Å². The molecule has 1 aromatic heterocycles. The molecule has 3 N–H and O–H groups in total. The van der Waals surface area contributed by atoms with Crippen LogP contribution in [-0.4, -0.2) is 29.2 Å². The van der Waals surface area contributed by atoms with Crippen LogP contribution in [0.1, 0.15) is 45.2 Å². The van der Waals surface area contributed by atoms with Crippen molar-refractivity contribution in [2.24, 2.45) is 5.41 Å². The maximum atomic E-state index is 12.3. The van der Waals surface area contributed by atoms with Crippen molar-refractivity contribution in [2.75, 3.05) is 18.4 Å². The summed E-state index contributed by atoms with van der Waals surface area (Å²) in [6, 6.07) is 1.90. The summed E-state index contributed by atoms with van der Waals surface area (Å²) in [6.45, 7) is 7.92. The van der Waals surface area contributed by atoms with E-state index in [1.165, 1.54) is 0 Å². The highest BCUT2D eigenvalue weighted by Gasteiger charge is 2.34. The van der Waals surface area contributed by atoms with Crippen molar-refractivity contribution in [3.05, 3.63) is 11.8 Å². The van der Waals surface area contributed by atoms with Crippen LogP contribution >= 0.6 is 0 Å². The van der Waals surface area contributed by atoms with Gasteiger partial charge >= 0.3 is 0 Å². The number of rotatable bonds is 3. The van der Waals surface area contributed by atoms with E-state index in [-0.39, 0.29) is 11.3 Å². The Bertz CT molecular complexity index is 418. The summed E-state index contributed by atoms with van der Waals surface area (Å²) in [5.41, 5.74) is 0.715. The first-order valence-corrected chi connectivity index (χ1v) is 6.59. The van der Waals surface area contributed by atoms with E-state index in [9.17, 15) is 4.79 Å². The highest BCUT2D eigenvalue weighted by atomic mass is 16.2. The summed E-state index contributed by atoms with van der Waals surface area (Å²) in [4.78, 5) is 12.3. The third-order valence-corrected chi connectivity index (χ3v) is 3.61. The van der Waals surface area contributed by atoms with Crippen molar-refractivity contribution in [2.45, 2.75) is 39.5 Å². The van der Waals surface area contributed by atoms with E-state index >= 15 is 0 Å². The Morgan fingerprint density at radius 1 is 1.56 bits per heavy atom. The quantitative estimate of drug-likeness (QED) is 0.767. The molecule has 0 saturated carbocycles. The van der Waals surface area contributed by atoms with Crippen LogP contribution in [0, 0.1) is 5.41 Å². The van der Waals surface area contributed by atoms with Gasteiger partial charge in [0.15, 0.2) is 5.82 Å². The van der Waals surface area contributed by atoms with Gasteiger partial charge in [0.25, 0.3) is 0 Å². The number of amides is 1. The zero-order valence-corrected chi connectivity index (χ0v) is 11.3. The number of hydrogen-bond acceptors (Lipinski definition) is 3.